The molecule has 0 aromatic heterocycles. The van der Waals surface area contributed by atoms with Gasteiger partial charge in [0, 0.05) is 19.3 Å². The van der Waals surface area contributed by atoms with Crippen LogP contribution in [0.3, 0.4) is 0 Å². The van der Waals surface area contributed by atoms with Gasteiger partial charge in [0.25, 0.3) is 0 Å². The molecule has 0 heterocycles. The Morgan fingerprint density at radius 1 is 0.286 bits per heavy atom. The average molecular weight is 984 g/mol. The highest BCUT2D eigenvalue weighted by atomic mass is 16.6. The lowest BCUT2D eigenvalue weighted by Crippen LogP contribution is -2.30. The molecule has 6 heteroatoms. The number of hydrogen-bond donors (Lipinski definition) is 0. The Bertz CT molecular complexity index is 1170. The zero-order chi connectivity index (χ0) is 50.7. The van der Waals surface area contributed by atoms with E-state index in [1.54, 1.807) is 0 Å². The fourth-order valence-electron chi connectivity index (χ4n) is 9.22. The van der Waals surface area contributed by atoms with E-state index in [0.29, 0.717) is 19.3 Å². The minimum Gasteiger partial charge on any atom is -0.462 e. The number of allylic oxidation sites excluding steroid dienone is 6. The molecule has 0 aromatic rings. The number of hydrogen-bond acceptors (Lipinski definition) is 6. The van der Waals surface area contributed by atoms with Crippen LogP contribution < -0.4 is 0 Å². The van der Waals surface area contributed by atoms with E-state index in [-0.39, 0.29) is 31.1 Å². The van der Waals surface area contributed by atoms with E-state index in [4.69, 9.17) is 14.2 Å². The molecule has 0 aliphatic carbocycles. The quantitative estimate of drug-likeness (QED) is 0.0261. The molecule has 0 bridgehead atoms. The Labute approximate surface area is 435 Å². The molecule has 1 atom stereocenters. The highest BCUT2D eigenvalue weighted by Crippen LogP contribution is 2.17. The third kappa shape index (κ3) is 56.5. The van der Waals surface area contributed by atoms with Crippen LogP contribution in [-0.4, -0.2) is 37.2 Å². The van der Waals surface area contributed by atoms with Crippen LogP contribution in [0.4, 0.5) is 0 Å². The summed E-state index contributed by atoms with van der Waals surface area (Å²) in [4.78, 5) is 38.2. The van der Waals surface area contributed by atoms with Gasteiger partial charge in [-0.05, 0) is 57.8 Å². The maximum Gasteiger partial charge on any atom is 0.306 e. The van der Waals surface area contributed by atoms with Crippen molar-refractivity contribution in [3.63, 3.8) is 0 Å². The molecule has 0 aromatic carbocycles. The molecule has 6 nitrogen and oxygen atoms in total. The normalized spacial score (nSPS) is 12.2. The van der Waals surface area contributed by atoms with Gasteiger partial charge in [0.1, 0.15) is 13.2 Å². The van der Waals surface area contributed by atoms with Gasteiger partial charge in [0.2, 0.25) is 0 Å². The molecular weight excluding hydrogens is 865 g/mol. The molecule has 0 spiro atoms. The highest BCUT2D eigenvalue weighted by molar-refractivity contribution is 5.71. The van der Waals surface area contributed by atoms with Gasteiger partial charge in [-0.3, -0.25) is 14.4 Å². The monoisotopic (exact) mass is 983 g/mol. The summed E-state index contributed by atoms with van der Waals surface area (Å²) in [5, 5.41) is 0. The zero-order valence-corrected chi connectivity index (χ0v) is 47.1. The maximum atomic E-state index is 12.9. The summed E-state index contributed by atoms with van der Waals surface area (Å²) >= 11 is 0. The van der Waals surface area contributed by atoms with E-state index in [1.807, 2.05) is 0 Å². The third-order valence-electron chi connectivity index (χ3n) is 13.9. The molecule has 0 N–H and O–H groups in total. The van der Waals surface area contributed by atoms with E-state index in [0.717, 1.165) is 70.6 Å². The van der Waals surface area contributed by atoms with Gasteiger partial charge >= 0.3 is 17.9 Å². The minimum absolute atomic E-state index is 0.0678. The van der Waals surface area contributed by atoms with Gasteiger partial charge in [0.15, 0.2) is 6.10 Å². The van der Waals surface area contributed by atoms with Crippen LogP contribution in [0.1, 0.15) is 335 Å². The van der Waals surface area contributed by atoms with Crippen molar-refractivity contribution in [2.75, 3.05) is 13.2 Å². The number of unbranched alkanes of at least 4 members (excludes halogenated alkanes) is 40. The largest absolute Gasteiger partial charge is 0.462 e. The first-order valence-electron chi connectivity index (χ1n) is 31.0. The first-order chi connectivity index (χ1) is 34.5. The van der Waals surface area contributed by atoms with E-state index in [1.165, 1.54) is 225 Å². The molecular formula is C64H118O6. The molecule has 0 saturated carbocycles. The highest BCUT2D eigenvalue weighted by Gasteiger charge is 2.19. The molecule has 0 aliphatic heterocycles. The Hall–Kier alpha value is -2.37. The summed E-state index contributed by atoms with van der Waals surface area (Å²) < 4.78 is 16.9. The van der Waals surface area contributed by atoms with Crippen LogP contribution in [0.5, 0.6) is 0 Å². The Balaban J connectivity index is 4.24. The average Bonchev–Trinajstić information content (AvgIpc) is 3.36. The SMILES string of the molecule is CCCCCCC/C=C\C/C=C\C/C=C\CCCCCCCCCCCCC(=O)OCC(COC(=O)CCCCCCCCCCCCCC)OC(=O)CCCCCCCCCCCCCCCCC. The lowest BCUT2D eigenvalue weighted by molar-refractivity contribution is -0.167. The van der Waals surface area contributed by atoms with Crippen LogP contribution in [0.25, 0.3) is 0 Å². The lowest BCUT2D eigenvalue weighted by Gasteiger charge is -2.18. The fraction of sp³-hybridized carbons (Fsp3) is 0.859. The summed E-state index contributed by atoms with van der Waals surface area (Å²) in [7, 11) is 0. The van der Waals surface area contributed by atoms with Crippen molar-refractivity contribution in [1.82, 2.24) is 0 Å². The molecule has 0 radical (unpaired) electrons. The van der Waals surface area contributed by atoms with Crippen molar-refractivity contribution in [3.05, 3.63) is 36.5 Å². The topological polar surface area (TPSA) is 78.9 Å². The second-order valence-electron chi connectivity index (χ2n) is 21.0. The van der Waals surface area contributed by atoms with Crippen molar-refractivity contribution in [3.8, 4) is 0 Å². The summed E-state index contributed by atoms with van der Waals surface area (Å²) in [5.74, 6) is -0.850. The predicted molar refractivity (Wildman–Crippen MR) is 302 cm³/mol. The molecule has 0 aliphatic rings. The van der Waals surface area contributed by atoms with Gasteiger partial charge in [0.05, 0.1) is 0 Å². The maximum absolute atomic E-state index is 12.9. The third-order valence-corrected chi connectivity index (χ3v) is 13.9. The van der Waals surface area contributed by atoms with Gasteiger partial charge in [-0.1, -0.05) is 295 Å². The number of rotatable bonds is 57. The van der Waals surface area contributed by atoms with E-state index in [9.17, 15) is 14.4 Å². The predicted octanol–water partition coefficient (Wildman–Crippen LogP) is 20.8. The fourth-order valence-corrected chi connectivity index (χ4v) is 9.22. The molecule has 410 valence electrons. The van der Waals surface area contributed by atoms with Crippen molar-refractivity contribution < 1.29 is 28.6 Å². The standard InChI is InChI=1S/C64H118O6/c1-4-7-10-13-16-19-22-25-27-28-29-30-31-32-33-34-35-36-38-39-42-45-48-51-54-57-63(66)69-60-61(59-68-62(65)56-53-50-47-44-41-24-21-18-15-12-9-6-3)70-64(67)58-55-52-49-46-43-40-37-26-23-20-17-14-11-8-5-2/h22,25,28-29,31-32,61H,4-21,23-24,26-27,30,33-60H2,1-3H3/b25-22-,29-28-,32-31-. The first kappa shape index (κ1) is 67.6. The summed E-state index contributed by atoms with van der Waals surface area (Å²) in [6, 6.07) is 0. The first-order valence-corrected chi connectivity index (χ1v) is 31.0. The van der Waals surface area contributed by atoms with Crippen LogP contribution in [0.15, 0.2) is 36.5 Å². The Morgan fingerprint density at radius 3 is 0.800 bits per heavy atom. The van der Waals surface area contributed by atoms with Crippen molar-refractivity contribution in [1.29, 1.82) is 0 Å². The van der Waals surface area contributed by atoms with E-state index < -0.39 is 6.10 Å². The summed E-state index contributed by atoms with van der Waals surface area (Å²) in [6.45, 7) is 6.67. The number of ether oxygens (including phenoxy) is 3. The van der Waals surface area contributed by atoms with E-state index >= 15 is 0 Å². The van der Waals surface area contributed by atoms with Gasteiger partial charge < -0.3 is 14.2 Å². The smallest absolute Gasteiger partial charge is 0.306 e. The number of carbonyl (C=O) groups is 3. The molecule has 0 fully saturated rings. The zero-order valence-electron chi connectivity index (χ0n) is 47.1. The second-order valence-corrected chi connectivity index (χ2v) is 21.0. The van der Waals surface area contributed by atoms with Crippen molar-refractivity contribution in [2.45, 2.75) is 341 Å². The van der Waals surface area contributed by atoms with Crippen LogP contribution in [0.2, 0.25) is 0 Å². The van der Waals surface area contributed by atoms with Crippen molar-refractivity contribution >= 4 is 17.9 Å². The molecule has 0 amide bonds. The minimum atomic E-state index is -0.769. The van der Waals surface area contributed by atoms with Gasteiger partial charge in [-0.2, -0.15) is 0 Å². The lowest BCUT2D eigenvalue weighted by atomic mass is 10.0. The molecule has 1 unspecified atom stereocenters. The van der Waals surface area contributed by atoms with Gasteiger partial charge in [-0.15, -0.1) is 0 Å². The molecule has 0 rings (SSSR count). The van der Waals surface area contributed by atoms with Crippen LogP contribution in [-0.2, 0) is 28.6 Å². The number of esters is 3. The number of carbonyl (C=O) groups excluding carboxylic acids is 3. The van der Waals surface area contributed by atoms with Crippen molar-refractivity contribution in [2.24, 2.45) is 0 Å². The van der Waals surface area contributed by atoms with Gasteiger partial charge in [-0.25, -0.2) is 0 Å². The second kappa shape index (κ2) is 59.2. The van der Waals surface area contributed by atoms with Crippen LogP contribution >= 0.6 is 0 Å². The van der Waals surface area contributed by atoms with E-state index in [2.05, 4.69) is 57.2 Å². The molecule has 70 heavy (non-hydrogen) atoms. The van der Waals surface area contributed by atoms with Crippen LogP contribution in [0, 0.1) is 0 Å². The summed E-state index contributed by atoms with van der Waals surface area (Å²) in [6.07, 6.45) is 71.4. The Kier molecular flexibility index (Phi) is 57.2. The summed E-state index contributed by atoms with van der Waals surface area (Å²) in [5.41, 5.74) is 0. The Morgan fingerprint density at radius 2 is 0.514 bits per heavy atom. The molecule has 0 saturated heterocycles.